The van der Waals surface area contributed by atoms with Gasteiger partial charge in [0.2, 0.25) is 0 Å². The molecule has 1 aromatic heterocycles. The molecule has 3 rings (SSSR count). The molecule has 0 atom stereocenters. The number of carbonyl (C=O) groups excluding carboxylic acids is 1. The van der Waals surface area contributed by atoms with E-state index in [1.807, 2.05) is 52.0 Å². The van der Waals surface area contributed by atoms with Crippen molar-refractivity contribution in [2.75, 3.05) is 23.5 Å². The van der Waals surface area contributed by atoms with Crippen molar-refractivity contribution in [1.82, 2.24) is 9.78 Å². The quantitative estimate of drug-likeness (QED) is 0.598. The predicted octanol–water partition coefficient (Wildman–Crippen LogP) is 4.71. The van der Waals surface area contributed by atoms with E-state index in [4.69, 9.17) is 15.6 Å². The first kappa shape index (κ1) is 20.3. The van der Waals surface area contributed by atoms with Crippen molar-refractivity contribution in [1.29, 1.82) is 0 Å². The molecule has 3 aromatic rings. The Balaban J connectivity index is 1.90. The first-order valence-electron chi connectivity index (χ1n) is 9.37. The zero-order valence-electron chi connectivity index (χ0n) is 17.4. The molecule has 7 heteroatoms. The molecule has 0 saturated carbocycles. The Morgan fingerprint density at radius 1 is 1.03 bits per heavy atom. The van der Waals surface area contributed by atoms with E-state index in [1.54, 1.807) is 36.1 Å². The van der Waals surface area contributed by atoms with Crippen LogP contribution in [0.5, 0.6) is 5.75 Å². The zero-order valence-corrected chi connectivity index (χ0v) is 17.4. The summed E-state index contributed by atoms with van der Waals surface area (Å²) in [6, 6.07) is 14.6. The van der Waals surface area contributed by atoms with Crippen molar-refractivity contribution in [3.05, 3.63) is 59.8 Å². The minimum absolute atomic E-state index is 0.313. The third-order valence-corrected chi connectivity index (χ3v) is 4.50. The van der Waals surface area contributed by atoms with Crippen molar-refractivity contribution in [3.63, 3.8) is 0 Å². The fourth-order valence-electron chi connectivity index (χ4n) is 2.91. The third kappa shape index (κ3) is 4.51. The summed E-state index contributed by atoms with van der Waals surface area (Å²) < 4.78 is 6.79. The number of carbonyl (C=O) groups is 1. The van der Waals surface area contributed by atoms with Crippen LogP contribution in [0.3, 0.4) is 0 Å². The highest BCUT2D eigenvalue weighted by molar-refractivity contribution is 6.02. The molecule has 0 spiro atoms. The van der Waals surface area contributed by atoms with Crippen molar-refractivity contribution in [3.8, 4) is 11.4 Å². The smallest absolute Gasteiger partial charge is 0.323 e. The van der Waals surface area contributed by atoms with Gasteiger partial charge in [0.05, 0.1) is 18.5 Å². The molecule has 29 heavy (non-hydrogen) atoms. The number of methoxy groups -OCH3 is 1. The number of anilines is 3. The van der Waals surface area contributed by atoms with Crippen LogP contribution in [0.2, 0.25) is 0 Å². The Bertz CT molecular complexity index is 999. The van der Waals surface area contributed by atoms with E-state index in [9.17, 15) is 4.79 Å². The second-order valence-corrected chi connectivity index (χ2v) is 7.91. The third-order valence-electron chi connectivity index (χ3n) is 4.50. The molecule has 7 nitrogen and oxygen atoms in total. The van der Waals surface area contributed by atoms with Crippen LogP contribution < -0.4 is 21.1 Å². The summed E-state index contributed by atoms with van der Waals surface area (Å²) in [5, 5.41) is 10.4. The van der Waals surface area contributed by atoms with E-state index in [2.05, 4.69) is 10.6 Å². The zero-order chi connectivity index (χ0) is 21.2. The number of rotatable bonds is 4. The minimum Gasteiger partial charge on any atom is -0.497 e. The average Bonchev–Trinajstić information content (AvgIpc) is 3.00. The van der Waals surface area contributed by atoms with Gasteiger partial charge in [-0.05, 0) is 43.3 Å². The number of nitrogen functional groups attached to an aromatic ring is 1. The summed E-state index contributed by atoms with van der Waals surface area (Å²) in [6.45, 7) is 8.11. The number of ether oxygens (including phenoxy) is 1. The maximum absolute atomic E-state index is 12.6. The number of amides is 2. The second kappa shape index (κ2) is 7.87. The number of benzene rings is 2. The molecular formula is C22H27N5O2. The first-order chi connectivity index (χ1) is 13.7. The molecule has 0 aliphatic heterocycles. The van der Waals surface area contributed by atoms with Crippen molar-refractivity contribution < 1.29 is 9.53 Å². The summed E-state index contributed by atoms with van der Waals surface area (Å²) >= 11 is 0. The summed E-state index contributed by atoms with van der Waals surface area (Å²) in [7, 11) is 1.59. The van der Waals surface area contributed by atoms with E-state index in [1.165, 1.54) is 0 Å². The van der Waals surface area contributed by atoms with Gasteiger partial charge in [0, 0.05) is 11.1 Å². The van der Waals surface area contributed by atoms with Gasteiger partial charge in [-0.3, -0.25) is 0 Å². The van der Waals surface area contributed by atoms with E-state index in [0.717, 1.165) is 17.0 Å². The number of urea groups is 1. The summed E-state index contributed by atoms with van der Waals surface area (Å²) in [6.07, 6.45) is 0. The normalized spacial score (nSPS) is 11.2. The van der Waals surface area contributed by atoms with Crippen LogP contribution in [0.4, 0.5) is 22.0 Å². The van der Waals surface area contributed by atoms with E-state index >= 15 is 0 Å². The molecule has 2 aromatic carbocycles. The number of hydrogen-bond acceptors (Lipinski definition) is 4. The molecule has 0 radical (unpaired) electrons. The lowest BCUT2D eigenvalue weighted by molar-refractivity contribution is 0.262. The van der Waals surface area contributed by atoms with Gasteiger partial charge in [0.25, 0.3) is 0 Å². The average molecular weight is 393 g/mol. The molecule has 0 saturated heterocycles. The molecular weight excluding hydrogens is 366 g/mol. The predicted molar refractivity (Wildman–Crippen MR) is 117 cm³/mol. The highest BCUT2D eigenvalue weighted by Gasteiger charge is 2.27. The maximum Gasteiger partial charge on any atom is 0.323 e. The molecule has 2 amide bonds. The molecule has 0 aliphatic rings. The Labute approximate surface area is 170 Å². The lowest BCUT2D eigenvalue weighted by Crippen LogP contribution is -2.23. The number of nitrogens with two attached hydrogens (primary N) is 1. The Kier molecular flexibility index (Phi) is 5.50. The molecule has 1 heterocycles. The largest absolute Gasteiger partial charge is 0.497 e. The van der Waals surface area contributed by atoms with Crippen LogP contribution in [0.25, 0.3) is 5.69 Å². The van der Waals surface area contributed by atoms with Gasteiger partial charge in [-0.25, -0.2) is 9.48 Å². The van der Waals surface area contributed by atoms with Crippen molar-refractivity contribution >= 4 is 23.2 Å². The molecule has 152 valence electrons. The van der Waals surface area contributed by atoms with E-state index < -0.39 is 6.03 Å². The molecule has 0 bridgehead atoms. The minimum atomic E-state index is -0.393. The Hall–Kier alpha value is -3.48. The fourth-order valence-corrected chi connectivity index (χ4v) is 2.91. The number of hydrogen-bond donors (Lipinski definition) is 3. The first-order valence-corrected chi connectivity index (χ1v) is 9.37. The van der Waals surface area contributed by atoms with E-state index in [-0.39, 0.29) is 5.41 Å². The monoisotopic (exact) mass is 393 g/mol. The maximum atomic E-state index is 12.6. The van der Waals surface area contributed by atoms with Gasteiger partial charge < -0.3 is 21.1 Å². The summed E-state index contributed by atoms with van der Waals surface area (Å²) in [5.41, 5.74) is 9.92. The van der Waals surface area contributed by atoms with Crippen LogP contribution >= 0.6 is 0 Å². The number of nitrogens with zero attached hydrogens (tertiary/aromatic N) is 2. The molecule has 0 fully saturated rings. The van der Waals surface area contributed by atoms with Gasteiger partial charge in [-0.2, -0.15) is 5.10 Å². The van der Waals surface area contributed by atoms with Crippen LogP contribution in [-0.2, 0) is 5.41 Å². The number of aryl methyl sites for hydroxylation is 1. The van der Waals surface area contributed by atoms with Crippen LogP contribution in [0.15, 0.2) is 48.5 Å². The highest BCUT2D eigenvalue weighted by Crippen LogP contribution is 2.35. The standard InChI is InChI=1S/C22H27N5O2/c1-14-6-10-16(11-7-14)27-20(23)18(19(26-27)22(2,3)4)25-21(28)24-15-8-12-17(29-5)13-9-15/h6-13H,23H2,1-5H3,(H2,24,25,28). The number of aromatic nitrogens is 2. The van der Waals surface area contributed by atoms with Gasteiger partial charge in [0.15, 0.2) is 5.82 Å². The molecule has 0 aliphatic carbocycles. The SMILES string of the molecule is COc1ccc(NC(=O)Nc2c(C(C)(C)C)nn(-c3ccc(C)cc3)c2N)cc1. The molecule has 4 N–H and O–H groups in total. The van der Waals surface area contributed by atoms with Gasteiger partial charge >= 0.3 is 6.03 Å². The van der Waals surface area contributed by atoms with Crippen molar-refractivity contribution in [2.24, 2.45) is 0 Å². The summed E-state index contributed by atoms with van der Waals surface area (Å²) in [5.74, 6) is 1.10. The molecule has 0 unspecified atom stereocenters. The Morgan fingerprint density at radius 2 is 1.66 bits per heavy atom. The second-order valence-electron chi connectivity index (χ2n) is 7.91. The van der Waals surface area contributed by atoms with Gasteiger partial charge in [0.1, 0.15) is 11.4 Å². The summed E-state index contributed by atoms with van der Waals surface area (Å²) in [4.78, 5) is 12.6. The van der Waals surface area contributed by atoms with Gasteiger partial charge in [-0.15, -0.1) is 0 Å². The topological polar surface area (TPSA) is 94.2 Å². The van der Waals surface area contributed by atoms with E-state index in [0.29, 0.717) is 22.9 Å². The van der Waals surface area contributed by atoms with Crippen LogP contribution in [0.1, 0.15) is 32.0 Å². The van der Waals surface area contributed by atoms with Crippen LogP contribution in [0, 0.1) is 6.92 Å². The van der Waals surface area contributed by atoms with Gasteiger partial charge in [-0.1, -0.05) is 38.5 Å². The van der Waals surface area contributed by atoms with Crippen LogP contribution in [-0.4, -0.2) is 22.9 Å². The lowest BCUT2D eigenvalue weighted by atomic mass is 9.91. The lowest BCUT2D eigenvalue weighted by Gasteiger charge is -2.18. The fraction of sp³-hybridized carbons (Fsp3) is 0.273. The van der Waals surface area contributed by atoms with Crippen molar-refractivity contribution in [2.45, 2.75) is 33.1 Å². The Morgan fingerprint density at radius 3 is 2.21 bits per heavy atom. The highest BCUT2D eigenvalue weighted by atomic mass is 16.5. The number of nitrogens with one attached hydrogen (secondary N) is 2.